The molecular formula is C19H27F. The van der Waals surface area contributed by atoms with Crippen molar-refractivity contribution in [1.82, 2.24) is 0 Å². The van der Waals surface area contributed by atoms with Crippen LogP contribution in [0.3, 0.4) is 0 Å². The average Bonchev–Trinajstić information content (AvgIpc) is 2.49. The minimum atomic E-state index is 0.608. The SMILES string of the molecule is CCCCC[C@H]1CC[C@H](c2ccc(C=CF)cc2)CC1. The number of unbranched alkanes of at least 4 members (excludes halogenated alkanes) is 2. The summed E-state index contributed by atoms with van der Waals surface area (Å²) in [5.74, 6) is 1.69. The van der Waals surface area contributed by atoms with Gasteiger partial charge in [-0.15, -0.1) is 0 Å². The van der Waals surface area contributed by atoms with Gasteiger partial charge in [-0.2, -0.15) is 0 Å². The molecule has 2 rings (SSSR count). The Morgan fingerprint density at radius 2 is 1.75 bits per heavy atom. The Morgan fingerprint density at radius 3 is 2.35 bits per heavy atom. The van der Waals surface area contributed by atoms with Crippen molar-refractivity contribution in [1.29, 1.82) is 0 Å². The van der Waals surface area contributed by atoms with Crippen LogP contribution in [0.2, 0.25) is 0 Å². The number of benzene rings is 1. The van der Waals surface area contributed by atoms with E-state index in [0.29, 0.717) is 6.33 Å². The summed E-state index contributed by atoms with van der Waals surface area (Å²) in [6.45, 7) is 2.28. The van der Waals surface area contributed by atoms with E-state index in [1.807, 2.05) is 12.1 Å². The maximum atomic E-state index is 12.1. The fourth-order valence-corrected chi connectivity index (χ4v) is 3.42. The van der Waals surface area contributed by atoms with Crippen LogP contribution in [0, 0.1) is 5.92 Å². The molecule has 0 radical (unpaired) electrons. The van der Waals surface area contributed by atoms with E-state index in [-0.39, 0.29) is 0 Å². The Labute approximate surface area is 123 Å². The molecule has 1 fully saturated rings. The third kappa shape index (κ3) is 4.47. The van der Waals surface area contributed by atoms with Crippen molar-refractivity contribution in [2.45, 2.75) is 64.2 Å². The molecular weight excluding hydrogens is 247 g/mol. The molecule has 0 N–H and O–H groups in total. The highest BCUT2D eigenvalue weighted by atomic mass is 19.1. The molecule has 1 heteroatoms. The summed E-state index contributed by atoms with van der Waals surface area (Å²) >= 11 is 0. The first-order valence-corrected chi connectivity index (χ1v) is 8.20. The summed E-state index contributed by atoms with van der Waals surface area (Å²) in [6, 6.07) is 8.41. The number of rotatable bonds is 6. The summed E-state index contributed by atoms with van der Waals surface area (Å²) in [6.07, 6.45) is 13.1. The van der Waals surface area contributed by atoms with Gasteiger partial charge in [-0.1, -0.05) is 56.9 Å². The third-order valence-electron chi connectivity index (χ3n) is 4.73. The molecule has 0 aliphatic heterocycles. The zero-order valence-corrected chi connectivity index (χ0v) is 12.7. The molecule has 1 aliphatic carbocycles. The second-order valence-electron chi connectivity index (χ2n) is 6.17. The molecule has 0 atom stereocenters. The van der Waals surface area contributed by atoms with Crippen LogP contribution in [0.1, 0.15) is 75.3 Å². The smallest absolute Gasteiger partial charge is 0.0872 e. The van der Waals surface area contributed by atoms with Gasteiger partial charge in [-0.25, -0.2) is 4.39 Å². The van der Waals surface area contributed by atoms with Gasteiger partial charge in [0.1, 0.15) is 0 Å². The van der Waals surface area contributed by atoms with E-state index in [9.17, 15) is 4.39 Å². The Balaban J connectivity index is 1.81. The maximum absolute atomic E-state index is 12.1. The van der Waals surface area contributed by atoms with E-state index in [0.717, 1.165) is 17.4 Å². The molecule has 0 saturated heterocycles. The Hall–Kier alpha value is -1.11. The lowest BCUT2D eigenvalue weighted by molar-refractivity contribution is 0.303. The van der Waals surface area contributed by atoms with E-state index >= 15 is 0 Å². The molecule has 1 saturated carbocycles. The van der Waals surface area contributed by atoms with E-state index in [1.165, 1.54) is 63.0 Å². The Kier molecular flexibility index (Phi) is 6.29. The monoisotopic (exact) mass is 274 g/mol. The standard InChI is InChI=1S/C19H27F/c1-2-3-4-5-16-6-10-18(11-7-16)19-12-8-17(9-13-19)14-15-20/h8-9,12-16,18H,2-7,10-11H2,1H3/t16-,18-. The molecule has 0 aromatic heterocycles. The summed E-state index contributed by atoms with van der Waals surface area (Å²) in [5.41, 5.74) is 2.39. The molecule has 0 unspecified atom stereocenters. The third-order valence-corrected chi connectivity index (χ3v) is 4.73. The molecule has 0 nitrogen and oxygen atoms in total. The van der Waals surface area contributed by atoms with Crippen LogP contribution in [0.15, 0.2) is 30.6 Å². The van der Waals surface area contributed by atoms with Crippen LogP contribution >= 0.6 is 0 Å². The van der Waals surface area contributed by atoms with Gasteiger partial charge in [0, 0.05) is 0 Å². The van der Waals surface area contributed by atoms with Crippen LogP contribution in [-0.2, 0) is 0 Å². The second-order valence-corrected chi connectivity index (χ2v) is 6.17. The average molecular weight is 274 g/mol. The predicted octanol–water partition coefficient (Wildman–Crippen LogP) is 6.48. The first-order chi connectivity index (χ1) is 9.83. The molecule has 110 valence electrons. The van der Waals surface area contributed by atoms with Gasteiger partial charge < -0.3 is 0 Å². The van der Waals surface area contributed by atoms with Gasteiger partial charge in [-0.3, -0.25) is 0 Å². The van der Waals surface area contributed by atoms with E-state index in [1.54, 1.807) is 0 Å². The van der Waals surface area contributed by atoms with Crippen LogP contribution in [0.5, 0.6) is 0 Å². The van der Waals surface area contributed by atoms with Gasteiger partial charge in [0.15, 0.2) is 0 Å². The molecule has 1 aliphatic rings. The minimum Gasteiger partial charge on any atom is -0.216 e. The van der Waals surface area contributed by atoms with E-state index < -0.39 is 0 Å². The molecule has 0 heterocycles. The quantitative estimate of drug-likeness (QED) is 0.521. The largest absolute Gasteiger partial charge is 0.216 e. The summed E-state index contributed by atoms with van der Waals surface area (Å²) in [5, 5.41) is 0. The molecule has 0 spiro atoms. The summed E-state index contributed by atoms with van der Waals surface area (Å²) in [7, 11) is 0. The Bertz CT molecular complexity index is 396. The zero-order chi connectivity index (χ0) is 14.2. The highest BCUT2D eigenvalue weighted by Gasteiger charge is 2.21. The van der Waals surface area contributed by atoms with Crippen LogP contribution in [0.25, 0.3) is 6.08 Å². The van der Waals surface area contributed by atoms with Crippen molar-refractivity contribution < 1.29 is 4.39 Å². The van der Waals surface area contributed by atoms with Gasteiger partial charge in [0.05, 0.1) is 6.33 Å². The highest BCUT2D eigenvalue weighted by Crippen LogP contribution is 2.37. The van der Waals surface area contributed by atoms with Crippen molar-refractivity contribution >= 4 is 6.08 Å². The lowest BCUT2D eigenvalue weighted by Crippen LogP contribution is -2.13. The second kappa shape index (κ2) is 8.24. The first-order valence-electron chi connectivity index (χ1n) is 8.20. The number of hydrogen-bond acceptors (Lipinski definition) is 0. The first kappa shape index (κ1) is 15.3. The zero-order valence-electron chi connectivity index (χ0n) is 12.7. The van der Waals surface area contributed by atoms with Crippen molar-refractivity contribution in [3.8, 4) is 0 Å². The van der Waals surface area contributed by atoms with Crippen molar-refractivity contribution in [2.24, 2.45) is 5.92 Å². The van der Waals surface area contributed by atoms with E-state index in [2.05, 4.69) is 19.1 Å². The summed E-state index contributed by atoms with van der Waals surface area (Å²) < 4.78 is 12.1. The fourth-order valence-electron chi connectivity index (χ4n) is 3.42. The highest BCUT2D eigenvalue weighted by molar-refractivity contribution is 5.48. The molecule has 20 heavy (non-hydrogen) atoms. The Morgan fingerprint density at radius 1 is 1.05 bits per heavy atom. The van der Waals surface area contributed by atoms with Gasteiger partial charge >= 0.3 is 0 Å². The number of halogens is 1. The molecule has 0 bridgehead atoms. The maximum Gasteiger partial charge on any atom is 0.0872 e. The van der Waals surface area contributed by atoms with Crippen LogP contribution < -0.4 is 0 Å². The van der Waals surface area contributed by atoms with Crippen molar-refractivity contribution in [3.63, 3.8) is 0 Å². The van der Waals surface area contributed by atoms with Gasteiger partial charge in [-0.05, 0) is 54.7 Å². The van der Waals surface area contributed by atoms with Gasteiger partial charge in [0.25, 0.3) is 0 Å². The van der Waals surface area contributed by atoms with Crippen molar-refractivity contribution in [2.75, 3.05) is 0 Å². The minimum absolute atomic E-state index is 0.608. The normalized spacial score (nSPS) is 23.3. The molecule has 1 aromatic carbocycles. The van der Waals surface area contributed by atoms with Crippen molar-refractivity contribution in [3.05, 3.63) is 41.7 Å². The predicted molar refractivity (Wildman–Crippen MR) is 85.4 cm³/mol. The lowest BCUT2D eigenvalue weighted by Gasteiger charge is -2.29. The van der Waals surface area contributed by atoms with Crippen LogP contribution in [0.4, 0.5) is 4.39 Å². The topological polar surface area (TPSA) is 0 Å². The molecule has 1 aromatic rings. The van der Waals surface area contributed by atoms with Crippen LogP contribution in [-0.4, -0.2) is 0 Å². The molecule has 0 amide bonds. The number of hydrogen-bond donors (Lipinski definition) is 0. The van der Waals surface area contributed by atoms with E-state index in [4.69, 9.17) is 0 Å². The lowest BCUT2D eigenvalue weighted by atomic mass is 9.77. The fraction of sp³-hybridized carbons (Fsp3) is 0.579. The van der Waals surface area contributed by atoms with Gasteiger partial charge in [0.2, 0.25) is 0 Å². The summed E-state index contributed by atoms with van der Waals surface area (Å²) in [4.78, 5) is 0.